The van der Waals surface area contributed by atoms with Crippen molar-refractivity contribution >= 4 is 17.2 Å². The minimum Gasteiger partial charge on any atom is -0.495 e. The third-order valence-electron chi connectivity index (χ3n) is 4.41. The van der Waals surface area contributed by atoms with Crippen LogP contribution in [0, 0.1) is 0 Å². The maximum atomic E-state index is 12.8. The number of aryl methyl sites for hydroxylation is 1. The van der Waals surface area contributed by atoms with Crippen molar-refractivity contribution in [2.75, 3.05) is 20.2 Å². The monoisotopic (exact) mass is 293 g/mol. The molecule has 4 heteroatoms. The predicted molar refractivity (Wildman–Crippen MR) is 81.9 cm³/mol. The van der Waals surface area contributed by atoms with Gasteiger partial charge in [0.05, 0.1) is 7.11 Å². The lowest BCUT2D eigenvalue weighted by molar-refractivity contribution is 0.0763. The smallest absolute Gasteiger partial charge is 0.267 e. The maximum Gasteiger partial charge on any atom is 0.267 e. The van der Waals surface area contributed by atoms with Gasteiger partial charge in [-0.1, -0.05) is 12.8 Å². The highest BCUT2D eigenvalue weighted by molar-refractivity contribution is 7.14. The Balaban J connectivity index is 1.88. The SMILES string of the molecule is COc1c(C(=O)N2CCCCCC2)sc2c1CCCC2. The molecule has 0 aromatic carbocycles. The van der Waals surface area contributed by atoms with E-state index in [-0.39, 0.29) is 5.91 Å². The number of rotatable bonds is 2. The fourth-order valence-electron chi connectivity index (χ4n) is 3.31. The lowest BCUT2D eigenvalue weighted by Crippen LogP contribution is -2.31. The average Bonchev–Trinajstić information content (AvgIpc) is 2.65. The van der Waals surface area contributed by atoms with Crippen molar-refractivity contribution in [1.29, 1.82) is 0 Å². The molecular formula is C16H23NO2S. The lowest BCUT2D eigenvalue weighted by atomic mass is 9.98. The molecule has 0 radical (unpaired) electrons. The second-order valence-corrected chi connectivity index (χ2v) is 6.88. The predicted octanol–water partition coefficient (Wildman–Crippen LogP) is 3.65. The molecule has 2 heterocycles. The van der Waals surface area contributed by atoms with Gasteiger partial charge < -0.3 is 9.64 Å². The second-order valence-electron chi connectivity index (χ2n) is 5.78. The van der Waals surface area contributed by atoms with Crippen molar-refractivity contribution in [3.8, 4) is 5.75 Å². The largest absolute Gasteiger partial charge is 0.495 e. The first-order valence-corrected chi connectivity index (χ1v) is 8.60. The third-order valence-corrected chi connectivity index (χ3v) is 5.68. The van der Waals surface area contributed by atoms with E-state index in [1.165, 1.54) is 36.1 Å². The van der Waals surface area contributed by atoms with Crippen LogP contribution in [0.3, 0.4) is 0 Å². The number of nitrogens with zero attached hydrogens (tertiary/aromatic N) is 1. The van der Waals surface area contributed by atoms with Gasteiger partial charge in [0.15, 0.2) is 0 Å². The van der Waals surface area contributed by atoms with Gasteiger partial charge in [-0.3, -0.25) is 4.79 Å². The zero-order valence-electron chi connectivity index (χ0n) is 12.2. The van der Waals surface area contributed by atoms with Gasteiger partial charge in [0, 0.05) is 23.5 Å². The van der Waals surface area contributed by atoms with E-state index in [1.807, 2.05) is 4.90 Å². The molecule has 0 spiro atoms. The highest BCUT2D eigenvalue weighted by atomic mass is 32.1. The number of hydrogen-bond donors (Lipinski definition) is 0. The molecule has 1 saturated heterocycles. The second kappa shape index (κ2) is 6.17. The molecule has 2 aliphatic rings. The number of fused-ring (bicyclic) bond motifs is 1. The van der Waals surface area contributed by atoms with Crippen molar-refractivity contribution in [3.63, 3.8) is 0 Å². The van der Waals surface area contributed by atoms with Gasteiger partial charge >= 0.3 is 0 Å². The summed E-state index contributed by atoms with van der Waals surface area (Å²) in [5.74, 6) is 1.07. The van der Waals surface area contributed by atoms with Gasteiger partial charge in [-0.25, -0.2) is 0 Å². The summed E-state index contributed by atoms with van der Waals surface area (Å²) in [5, 5.41) is 0. The molecule has 1 aromatic heterocycles. The highest BCUT2D eigenvalue weighted by Crippen LogP contribution is 2.40. The Kier molecular flexibility index (Phi) is 4.29. The molecule has 3 rings (SSSR count). The number of carbonyl (C=O) groups excluding carboxylic acids is 1. The van der Waals surface area contributed by atoms with Crippen molar-refractivity contribution < 1.29 is 9.53 Å². The summed E-state index contributed by atoms with van der Waals surface area (Å²) in [7, 11) is 1.70. The topological polar surface area (TPSA) is 29.5 Å². The molecule has 1 aliphatic heterocycles. The van der Waals surface area contributed by atoms with E-state index < -0.39 is 0 Å². The van der Waals surface area contributed by atoms with Gasteiger partial charge in [-0.05, 0) is 38.5 Å². The Bertz CT molecular complexity index is 487. The minimum atomic E-state index is 0.197. The van der Waals surface area contributed by atoms with Crippen molar-refractivity contribution in [2.24, 2.45) is 0 Å². The Hall–Kier alpha value is -1.03. The number of likely N-dealkylation sites (tertiary alicyclic amines) is 1. The molecule has 3 nitrogen and oxygen atoms in total. The molecule has 1 amide bonds. The van der Waals surface area contributed by atoms with Crippen molar-refractivity contribution in [3.05, 3.63) is 15.3 Å². The molecule has 0 unspecified atom stereocenters. The molecule has 110 valence electrons. The average molecular weight is 293 g/mol. The van der Waals surface area contributed by atoms with Crippen LogP contribution in [0.2, 0.25) is 0 Å². The molecule has 1 aromatic rings. The van der Waals surface area contributed by atoms with Gasteiger partial charge in [0.25, 0.3) is 5.91 Å². The summed E-state index contributed by atoms with van der Waals surface area (Å²) in [5.41, 5.74) is 1.31. The molecule has 0 saturated carbocycles. The molecule has 1 fully saturated rings. The van der Waals surface area contributed by atoms with Crippen molar-refractivity contribution in [2.45, 2.75) is 51.4 Å². The number of hydrogen-bond acceptors (Lipinski definition) is 3. The van der Waals surface area contributed by atoms with E-state index in [2.05, 4.69) is 0 Å². The van der Waals surface area contributed by atoms with Crippen LogP contribution in [0.25, 0.3) is 0 Å². The van der Waals surface area contributed by atoms with Crippen molar-refractivity contribution in [1.82, 2.24) is 4.90 Å². The van der Waals surface area contributed by atoms with E-state index in [0.717, 1.165) is 49.4 Å². The van der Waals surface area contributed by atoms with Gasteiger partial charge in [-0.2, -0.15) is 0 Å². The standard InChI is InChI=1S/C16H23NO2S/c1-19-14-12-8-4-5-9-13(12)20-15(14)16(18)17-10-6-2-3-7-11-17/h2-11H2,1H3. The van der Waals surface area contributed by atoms with E-state index in [9.17, 15) is 4.79 Å². The van der Waals surface area contributed by atoms with Crippen LogP contribution in [0.5, 0.6) is 5.75 Å². The first-order chi connectivity index (χ1) is 9.81. The first-order valence-electron chi connectivity index (χ1n) is 7.79. The quantitative estimate of drug-likeness (QED) is 0.833. The zero-order valence-corrected chi connectivity index (χ0v) is 13.1. The van der Waals surface area contributed by atoms with Crippen LogP contribution in [0.4, 0.5) is 0 Å². The molecule has 20 heavy (non-hydrogen) atoms. The first kappa shape index (κ1) is 13.9. The number of amides is 1. The van der Waals surface area contributed by atoms with Crippen LogP contribution in [0.15, 0.2) is 0 Å². The Labute approximate surface area is 124 Å². The number of methoxy groups -OCH3 is 1. The summed E-state index contributed by atoms with van der Waals surface area (Å²) in [6, 6.07) is 0. The van der Waals surface area contributed by atoms with Gasteiger partial charge in [0.2, 0.25) is 0 Å². The van der Waals surface area contributed by atoms with Crippen LogP contribution >= 0.6 is 11.3 Å². The van der Waals surface area contributed by atoms with Crippen LogP contribution in [-0.2, 0) is 12.8 Å². The van der Waals surface area contributed by atoms with Gasteiger partial charge in [0.1, 0.15) is 10.6 Å². The molecule has 0 atom stereocenters. The molecule has 0 bridgehead atoms. The van der Waals surface area contributed by atoms with E-state index >= 15 is 0 Å². The van der Waals surface area contributed by atoms with E-state index in [0.29, 0.717) is 0 Å². The third kappa shape index (κ3) is 2.58. The summed E-state index contributed by atoms with van der Waals surface area (Å²) in [6.45, 7) is 1.81. The van der Waals surface area contributed by atoms with E-state index in [4.69, 9.17) is 4.74 Å². The summed E-state index contributed by atoms with van der Waals surface area (Å²) >= 11 is 1.68. The lowest BCUT2D eigenvalue weighted by Gasteiger charge is -2.20. The maximum absolute atomic E-state index is 12.8. The molecule has 1 aliphatic carbocycles. The number of carbonyl (C=O) groups is 1. The fourth-order valence-corrected chi connectivity index (χ4v) is 4.64. The normalized spacial score (nSPS) is 19.4. The van der Waals surface area contributed by atoms with Crippen LogP contribution < -0.4 is 4.74 Å². The zero-order chi connectivity index (χ0) is 13.9. The van der Waals surface area contributed by atoms with E-state index in [1.54, 1.807) is 18.4 Å². The number of thiophene rings is 1. The summed E-state index contributed by atoms with van der Waals surface area (Å²) < 4.78 is 5.59. The summed E-state index contributed by atoms with van der Waals surface area (Å²) in [4.78, 5) is 17.1. The Morgan fingerprint density at radius 2 is 1.75 bits per heavy atom. The Morgan fingerprint density at radius 3 is 2.45 bits per heavy atom. The molecule has 0 N–H and O–H groups in total. The van der Waals surface area contributed by atoms with Gasteiger partial charge in [-0.15, -0.1) is 11.3 Å². The number of ether oxygens (including phenoxy) is 1. The Morgan fingerprint density at radius 1 is 1.05 bits per heavy atom. The molecular weight excluding hydrogens is 270 g/mol. The van der Waals surface area contributed by atoms with Crippen LogP contribution in [0.1, 0.15) is 58.6 Å². The summed E-state index contributed by atoms with van der Waals surface area (Å²) in [6.07, 6.45) is 9.43. The van der Waals surface area contributed by atoms with Crippen LogP contribution in [-0.4, -0.2) is 31.0 Å². The fraction of sp³-hybridized carbons (Fsp3) is 0.688. The highest BCUT2D eigenvalue weighted by Gasteiger charge is 2.28. The minimum absolute atomic E-state index is 0.197.